The predicted molar refractivity (Wildman–Crippen MR) is 60.3 cm³/mol. The van der Waals surface area contributed by atoms with E-state index in [-0.39, 0.29) is 5.75 Å². The highest BCUT2D eigenvalue weighted by Gasteiger charge is 2.15. The van der Waals surface area contributed by atoms with Crippen LogP contribution in [0.4, 0.5) is 0 Å². The molecule has 1 aromatic rings. The summed E-state index contributed by atoms with van der Waals surface area (Å²) in [5, 5.41) is 0. The molecule has 94 valence electrons. The Kier molecular flexibility index (Phi) is 5.50. The molecule has 8 heteroatoms. The van der Waals surface area contributed by atoms with Crippen molar-refractivity contribution in [2.45, 2.75) is 5.75 Å². The van der Waals surface area contributed by atoms with Crippen LogP contribution in [0.15, 0.2) is 24.3 Å². The Hall–Kier alpha value is -1.01. The van der Waals surface area contributed by atoms with Gasteiger partial charge in [-0.25, -0.2) is 8.75 Å². The van der Waals surface area contributed by atoms with Gasteiger partial charge >= 0.3 is 8.69 Å². The third-order valence-electron chi connectivity index (χ3n) is 1.86. The Balaban J connectivity index is 2.72. The maximum absolute atomic E-state index is 11.5. The van der Waals surface area contributed by atoms with Crippen molar-refractivity contribution in [1.82, 2.24) is 0 Å². The Morgan fingerprint density at radius 2 is 2.00 bits per heavy atom. The van der Waals surface area contributed by atoms with Crippen LogP contribution in [-0.4, -0.2) is 22.3 Å². The smallest absolute Gasteiger partial charge is 0.329 e. The number of ether oxygens (including phenoxy) is 1. The van der Waals surface area contributed by atoms with Gasteiger partial charge in [-0.2, -0.15) is 8.42 Å². The van der Waals surface area contributed by atoms with E-state index in [4.69, 9.17) is 4.74 Å². The van der Waals surface area contributed by atoms with Gasteiger partial charge in [-0.1, -0.05) is 18.2 Å². The average Bonchev–Trinajstić information content (AvgIpc) is 2.29. The molecule has 17 heavy (non-hydrogen) atoms. The summed E-state index contributed by atoms with van der Waals surface area (Å²) in [6.45, 7) is -0.581. The Morgan fingerprint density at radius 3 is 2.65 bits per heavy atom. The number of methoxy groups -OCH3 is 1. The SMILES string of the molecule is COc1ccccc1CS(=O)(=O)OCOP=O. The van der Waals surface area contributed by atoms with Crippen LogP contribution in [0, 0.1) is 0 Å². The van der Waals surface area contributed by atoms with Crippen molar-refractivity contribution >= 4 is 18.8 Å². The molecular formula is C9H11O6PS. The molecule has 1 rings (SSSR count). The van der Waals surface area contributed by atoms with E-state index in [9.17, 15) is 13.0 Å². The monoisotopic (exact) mass is 278 g/mol. The van der Waals surface area contributed by atoms with E-state index in [0.717, 1.165) is 0 Å². The fourth-order valence-electron chi connectivity index (χ4n) is 1.17. The second kappa shape index (κ2) is 6.66. The van der Waals surface area contributed by atoms with Crippen LogP contribution in [0.5, 0.6) is 5.75 Å². The van der Waals surface area contributed by atoms with Crippen molar-refractivity contribution in [3.05, 3.63) is 29.8 Å². The summed E-state index contributed by atoms with van der Waals surface area (Å²) in [5.74, 6) is 0.124. The van der Waals surface area contributed by atoms with Crippen LogP contribution < -0.4 is 4.74 Å². The van der Waals surface area contributed by atoms with Crippen molar-refractivity contribution in [2.24, 2.45) is 0 Å². The van der Waals surface area contributed by atoms with Gasteiger partial charge in [0.1, 0.15) is 11.5 Å². The minimum Gasteiger partial charge on any atom is -0.496 e. The van der Waals surface area contributed by atoms with Crippen molar-refractivity contribution in [2.75, 3.05) is 13.9 Å². The van der Waals surface area contributed by atoms with Gasteiger partial charge in [0.25, 0.3) is 10.1 Å². The largest absolute Gasteiger partial charge is 0.496 e. The van der Waals surface area contributed by atoms with Gasteiger partial charge in [-0.15, -0.1) is 0 Å². The van der Waals surface area contributed by atoms with Crippen molar-refractivity contribution in [3.63, 3.8) is 0 Å². The second-order valence-corrected chi connectivity index (χ2v) is 5.00. The molecule has 0 aliphatic rings. The summed E-state index contributed by atoms with van der Waals surface area (Å²) in [6.07, 6.45) is 0. The molecular weight excluding hydrogens is 267 g/mol. The van der Waals surface area contributed by atoms with Crippen molar-refractivity contribution < 1.29 is 26.4 Å². The number of para-hydroxylation sites is 1. The zero-order valence-corrected chi connectivity index (χ0v) is 10.7. The molecule has 0 aromatic heterocycles. The van der Waals surface area contributed by atoms with E-state index in [1.54, 1.807) is 24.3 Å². The number of rotatable bonds is 7. The summed E-state index contributed by atoms with van der Waals surface area (Å²) in [7, 11) is -2.97. The summed E-state index contributed by atoms with van der Waals surface area (Å²) in [4.78, 5) is 0. The van der Waals surface area contributed by atoms with Crippen LogP contribution in [-0.2, 0) is 29.1 Å². The number of benzene rings is 1. The molecule has 0 atom stereocenters. The standard InChI is InChI=1S/C9H11O6PS/c1-13-9-5-3-2-4-8(9)6-17(11,12)15-7-14-16-10/h2-5H,6-7H2,1H3. The molecule has 0 unspecified atom stereocenters. The molecule has 0 bridgehead atoms. The third-order valence-corrected chi connectivity index (χ3v) is 3.19. The lowest BCUT2D eigenvalue weighted by Gasteiger charge is -2.08. The maximum atomic E-state index is 11.5. The Bertz CT molecular complexity index is 472. The minimum atomic E-state index is -3.79. The molecule has 0 spiro atoms. The van der Waals surface area contributed by atoms with Gasteiger partial charge in [0.05, 0.1) is 7.11 Å². The number of hydrogen-bond donors (Lipinski definition) is 0. The first kappa shape index (κ1) is 14.1. The fourth-order valence-corrected chi connectivity index (χ4v) is 2.24. The van der Waals surface area contributed by atoms with Crippen LogP contribution in [0.1, 0.15) is 5.56 Å². The molecule has 0 N–H and O–H groups in total. The highest BCUT2D eigenvalue weighted by atomic mass is 32.2. The third kappa shape index (κ3) is 4.79. The summed E-state index contributed by atoms with van der Waals surface area (Å²) in [6, 6.07) is 6.69. The molecule has 0 aliphatic carbocycles. The normalized spacial score (nSPS) is 11.6. The van der Waals surface area contributed by atoms with Crippen LogP contribution >= 0.6 is 8.69 Å². The second-order valence-electron chi connectivity index (χ2n) is 2.95. The highest BCUT2D eigenvalue weighted by molar-refractivity contribution is 7.85. The summed E-state index contributed by atoms with van der Waals surface area (Å²) in [5.41, 5.74) is 0.481. The van der Waals surface area contributed by atoms with Gasteiger partial charge < -0.3 is 4.74 Å². The molecule has 1 aromatic carbocycles. The molecule has 0 radical (unpaired) electrons. The summed E-state index contributed by atoms with van der Waals surface area (Å²) < 4.78 is 46.6. The molecule has 0 fully saturated rings. The first-order valence-corrected chi connectivity index (χ1v) is 6.83. The lowest BCUT2D eigenvalue weighted by atomic mass is 10.2. The topological polar surface area (TPSA) is 78.9 Å². The fraction of sp³-hybridized carbons (Fsp3) is 0.333. The van der Waals surface area contributed by atoms with Crippen molar-refractivity contribution in [3.8, 4) is 5.75 Å². The van der Waals surface area contributed by atoms with Gasteiger partial charge in [-0.3, -0.25) is 4.52 Å². The van der Waals surface area contributed by atoms with Gasteiger partial charge in [-0.05, 0) is 6.07 Å². The van der Waals surface area contributed by atoms with Crippen LogP contribution in [0.2, 0.25) is 0 Å². The Labute approximate surface area is 101 Å². The van der Waals surface area contributed by atoms with E-state index in [1.807, 2.05) is 0 Å². The maximum Gasteiger partial charge on any atom is 0.329 e. The molecule has 0 heterocycles. The lowest BCUT2D eigenvalue weighted by molar-refractivity contribution is 0.139. The van der Waals surface area contributed by atoms with E-state index in [2.05, 4.69) is 8.71 Å². The lowest BCUT2D eigenvalue weighted by Crippen LogP contribution is -2.10. The first-order chi connectivity index (χ1) is 8.09. The van der Waals surface area contributed by atoms with Gasteiger partial charge in [0.2, 0.25) is 0 Å². The first-order valence-electron chi connectivity index (χ1n) is 4.52. The van der Waals surface area contributed by atoms with E-state index < -0.39 is 25.6 Å². The van der Waals surface area contributed by atoms with E-state index in [0.29, 0.717) is 11.3 Å². The minimum absolute atomic E-state index is 0.337. The molecule has 0 saturated carbocycles. The van der Waals surface area contributed by atoms with Gasteiger partial charge in [0, 0.05) is 5.56 Å². The molecule has 0 aliphatic heterocycles. The van der Waals surface area contributed by atoms with Crippen molar-refractivity contribution in [1.29, 1.82) is 0 Å². The van der Waals surface area contributed by atoms with Gasteiger partial charge in [0.15, 0.2) is 6.79 Å². The Morgan fingerprint density at radius 1 is 1.29 bits per heavy atom. The molecule has 0 amide bonds. The summed E-state index contributed by atoms with van der Waals surface area (Å²) >= 11 is 0. The zero-order chi connectivity index (χ0) is 12.7. The van der Waals surface area contributed by atoms with Crippen LogP contribution in [0.25, 0.3) is 0 Å². The highest BCUT2D eigenvalue weighted by Crippen LogP contribution is 2.20. The quantitative estimate of drug-likeness (QED) is 0.327. The average molecular weight is 278 g/mol. The number of hydrogen-bond acceptors (Lipinski definition) is 6. The predicted octanol–water partition coefficient (Wildman–Crippen LogP) is 1.72. The zero-order valence-electron chi connectivity index (χ0n) is 9.03. The van der Waals surface area contributed by atoms with Crippen LogP contribution in [0.3, 0.4) is 0 Å². The van der Waals surface area contributed by atoms with E-state index >= 15 is 0 Å². The van der Waals surface area contributed by atoms with E-state index in [1.165, 1.54) is 7.11 Å². The molecule has 0 saturated heterocycles. The molecule has 6 nitrogen and oxygen atoms in total.